The van der Waals surface area contributed by atoms with Crippen LogP contribution in [0.4, 0.5) is 0 Å². The summed E-state index contributed by atoms with van der Waals surface area (Å²) in [5, 5.41) is 19.0. The van der Waals surface area contributed by atoms with Gasteiger partial charge in [-0.05, 0) is 31.1 Å². The maximum Gasteiger partial charge on any atom is 0.0827 e. The molecule has 2 rings (SSSR count). The molecule has 2 saturated carbocycles. The van der Waals surface area contributed by atoms with Gasteiger partial charge >= 0.3 is 0 Å². The number of aliphatic hydroxyl groups is 2. The molecule has 4 atom stereocenters. The Hall–Kier alpha value is -0.0800. The second kappa shape index (κ2) is 2.76. The zero-order valence-corrected chi connectivity index (χ0v) is 6.74. The summed E-state index contributed by atoms with van der Waals surface area (Å²) in [5.41, 5.74) is 0. The first-order valence-corrected chi connectivity index (χ1v) is 4.63. The number of aliphatic hydroxyl groups excluding tert-OH is 2. The third-order valence-corrected chi connectivity index (χ3v) is 3.28. The maximum absolute atomic E-state index is 9.54. The van der Waals surface area contributed by atoms with Crippen LogP contribution in [0.5, 0.6) is 0 Å². The second-order valence-corrected chi connectivity index (χ2v) is 4.09. The van der Waals surface area contributed by atoms with Crippen molar-refractivity contribution in [2.45, 2.75) is 44.3 Å². The topological polar surface area (TPSA) is 40.5 Å². The minimum absolute atomic E-state index is 0.400. The predicted molar refractivity (Wildman–Crippen MR) is 42.1 cm³/mol. The first-order chi connectivity index (χ1) is 5.27. The number of fused-ring (bicyclic) bond motifs is 2. The Morgan fingerprint density at radius 2 is 1.82 bits per heavy atom. The van der Waals surface area contributed by atoms with Crippen LogP contribution in [-0.4, -0.2) is 22.4 Å². The molecule has 2 nitrogen and oxygen atoms in total. The fourth-order valence-electron chi connectivity index (χ4n) is 2.65. The Bertz CT molecular complexity index is 144. The third-order valence-electron chi connectivity index (χ3n) is 3.28. The first-order valence-electron chi connectivity index (χ1n) is 4.63. The molecule has 2 aliphatic carbocycles. The van der Waals surface area contributed by atoms with E-state index in [1.165, 1.54) is 12.8 Å². The van der Waals surface area contributed by atoms with Crippen molar-refractivity contribution < 1.29 is 10.2 Å². The Morgan fingerprint density at radius 3 is 2.64 bits per heavy atom. The van der Waals surface area contributed by atoms with Crippen molar-refractivity contribution in [1.82, 2.24) is 0 Å². The van der Waals surface area contributed by atoms with Gasteiger partial charge in [0.2, 0.25) is 0 Å². The van der Waals surface area contributed by atoms with E-state index in [2.05, 4.69) is 0 Å². The summed E-state index contributed by atoms with van der Waals surface area (Å²) in [6, 6.07) is 0. The highest BCUT2D eigenvalue weighted by molar-refractivity contribution is 4.88. The molecule has 0 spiro atoms. The lowest BCUT2D eigenvalue weighted by atomic mass is 9.70. The van der Waals surface area contributed by atoms with E-state index in [9.17, 15) is 10.2 Å². The first kappa shape index (κ1) is 7.56. The lowest BCUT2D eigenvalue weighted by molar-refractivity contribution is -0.0765. The molecule has 0 amide bonds. The van der Waals surface area contributed by atoms with E-state index in [1.54, 1.807) is 0 Å². The van der Waals surface area contributed by atoms with Crippen LogP contribution in [0.15, 0.2) is 0 Å². The van der Waals surface area contributed by atoms with Crippen LogP contribution in [0.25, 0.3) is 0 Å². The molecule has 2 N–H and O–H groups in total. The van der Waals surface area contributed by atoms with Crippen molar-refractivity contribution in [3.63, 3.8) is 0 Å². The smallest absolute Gasteiger partial charge is 0.0827 e. The van der Waals surface area contributed by atoms with Gasteiger partial charge in [-0.25, -0.2) is 0 Å². The van der Waals surface area contributed by atoms with Crippen molar-refractivity contribution in [3.05, 3.63) is 0 Å². The molecule has 2 bridgehead atoms. The minimum Gasteiger partial charge on any atom is -0.390 e. The molecule has 0 aromatic heterocycles. The average Bonchev–Trinajstić information content (AvgIpc) is 2.01. The molecule has 0 aromatic rings. The van der Waals surface area contributed by atoms with E-state index in [0.29, 0.717) is 11.8 Å². The standard InChI is InChI=1S/C9H16O2/c10-8-5-6-2-1-3-7(4-6)9(8)11/h6-11H,1-5H2/t6-,7+,8+,9-/m0/s1. The lowest BCUT2D eigenvalue weighted by Gasteiger charge is -2.40. The van der Waals surface area contributed by atoms with Crippen LogP contribution in [0.1, 0.15) is 32.1 Å². The van der Waals surface area contributed by atoms with Crippen molar-refractivity contribution in [3.8, 4) is 0 Å². The molecule has 0 radical (unpaired) electrons. The molecule has 0 unspecified atom stereocenters. The summed E-state index contributed by atoms with van der Waals surface area (Å²) in [4.78, 5) is 0. The van der Waals surface area contributed by atoms with E-state index in [-0.39, 0.29) is 0 Å². The summed E-state index contributed by atoms with van der Waals surface area (Å²) in [6.45, 7) is 0. The molecule has 0 aliphatic heterocycles. The van der Waals surface area contributed by atoms with Gasteiger partial charge in [0.1, 0.15) is 0 Å². The monoisotopic (exact) mass is 156 g/mol. The van der Waals surface area contributed by atoms with Crippen LogP contribution < -0.4 is 0 Å². The van der Waals surface area contributed by atoms with Crippen molar-refractivity contribution in [2.24, 2.45) is 11.8 Å². The SMILES string of the molecule is O[C@H]1[C@@H]2CCC[C@@H](C2)C[C@H]1O. The molecule has 64 valence electrons. The van der Waals surface area contributed by atoms with Crippen LogP contribution in [0, 0.1) is 11.8 Å². The third kappa shape index (κ3) is 1.30. The summed E-state index contributed by atoms with van der Waals surface area (Å²) in [7, 11) is 0. The number of hydrogen-bond donors (Lipinski definition) is 2. The molecule has 2 heteroatoms. The van der Waals surface area contributed by atoms with Gasteiger partial charge in [-0.3, -0.25) is 0 Å². The molecule has 2 aliphatic rings. The quantitative estimate of drug-likeness (QED) is 0.547. The summed E-state index contributed by atoms with van der Waals surface area (Å²) in [5.74, 6) is 1.10. The van der Waals surface area contributed by atoms with Gasteiger partial charge in [-0.1, -0.05) is 12.8 Å². The normalized spacial score (nSPS) is 50.7. The number of hydrogen-bond acceptors (Lipinski definition) is 2. The van der Waals surface area contributed by atoms with Gasteiger partial charge in [0.25, 0.3) is 0 Å². The summed E-state index contributed by atoms with van der Waals surface area (Å²) in [6.07, 6.45) is 4.76. The molecule has 0 saturated heterocycles. The maximum atomic E-state index is 9.54. The highest BCUT2D eigenvalue weighted by atomic mass is 16.3. The summed E-state index contributed by atoms with van der Waals surface area (Å²) < 4.78 is 0. The van der Waals surface area contributed by atoms with Crippen LogP contribution in [0.3, 0.4) is 0 Å². The van der Waals surface area contributed by atoms with Gasteiger partial charge in [-0.15, -0.1) is 0 Å². The van der Waals surface area contributed by atoms with Crippen LogP contribution in [-0.2, 0) is 0 Å². The Labute approximate surface area is 67.2 Å². The van der Waals surface area contributed by atoms with Crippen molar-refractivity contribution in [1.29, 1.82) is 0 Å². The van der Waals surface area contributed by atoms with E-state index in [1.807, 2.05) is 0 Å². The van der Waals surface area contributed by atoms with Crippen LogP contribution >= 0.6 is 0 Å². The predicted octanol–water partition coefficient (Wildman–Crippen LogP) is 0.918. The van der Waals surface area contributed by atoms with E-state index < -0.39 is 12.2 Å². The van der Waals surface area contributed by atoms with Gasteiger partial charge in [0.05, 0.1) is 12.2 Å². The zero-order valence-electron chi connectivity index (χ0n) is 6.74. The second-order valence-electron chi connectivity index (χ2n) is 4.09. The van der Waals surface area contributed by atoms with Crippen molar-refractivity contribution >= 4 is 0 Å². The highest BCUT2D eigenvalue weighted by Gasteiger charge is 2.37. The van der Waals surface area contributed by atoms with Crippen molar-refractivity contribution in [2.75, 3.05) is 0 Å². The average molecular weight is 156 g/mol. The Balaban J connectivity index is 2.05. The van der Waals surface area contributed by atoms with E-state index in [0.717, 1.165) is 19.3 Å². The minimum atomic E-state index is -0.431. The molecular formula is C9H16O2. The van der Waals surface area contributed by atoms with Gasteiger partial charge < -0.3 is 10.2 Å². The van der Waals surface area contributed by atoms with Gasteiger partial charge in [0.15, 0.2) is 0 Å². The molecule has 0 aromatic carbocycles. The van der Waals surface area contributed by atoms with E-state index in [4.69, 9.17) is 0 Å². The zero-order chi connectivity index (χ0) is 7.84. The van der Waals surface area contributed by atoms with Gasteiger partial charge in [0, 0.05) is 0 Å². The molecular weight excluding hydrogens is 140 g/mol. The Morgan fingerprint density at radius 1 is 1.00 bits per heavy atom. The number of rotatable bonds is 0. The molecule has 11 heavy (non-hydrogen) atoms. The summed E-state index contributed by atoms with van der Waals surface area (Å²) >= 11 is 0. The highest BCUT2D eigenvalue weighted by Crippen LogP contribution is 2.39. The van der Waals surface area contributed by atoms with E-state index >= 15 is 0 Å². The fourth-order valence-corrected chi connectivity index (χ4v) is 2.65. The largest absolute Gasteiger partial charge is 0.390 e. The lowest BCUT2D eigenvalue weighted by Crippen LogP contribution is -2.42. The van der Waals surface area contributed by atoms with Crippen LogP contribution in [0.2, 0.25) is 0 Å². The molecule has 0 heterocycles. The Kier molecular flexibility index (Phi) is 1.90. The van der Waals surface area contributed by atoms with Gasteiger partial charge in [-0.2, -0.15) is 0 Å². The molecule has 2 fully saturated rings. The fraction of sp³-hybridized carbons (Fsp3) is 1.00.